The molecule has 0 aliphatic rings. The maximum absolute atomic E-state index is 12.4. The summed E-state index contributed by atoms with van der Waals surface area (Å²) >= 11 is 0. The van der Waals surface area contributed by atoms with Crippen LogP contribution in [0.4, 0.5) is 0 Å². The Morgan fingerprint density at radius 1 is 0.864 bits per heavy atom. The van der Waals surface area contributed by atoms with E-state index in [2.05, 4.69) is 10.5 Å². The molecule has 0 saturated carbocycles. The van der Waals surface area contributed by atoms with Crippen LogP contribution in [0.3, 0.4) is 0 Å². The summed E-state index contributed by atoms with van der Waals surface area (Å²) in [4.78, 5) is 12.4. The van der Waals surface area contributed by atoms with Crippen molar-refractivity contribution < 1.29 is 4.79 Å². The van der Waals surface area contributed by atoms with Crippen LogP contribution >= 0.6 is 0 Å². The van der Waals surface area contributed by atoms with E-state index in [1.54, 1.807) is 0 Å². The first-order valence-corrected chi connectivity index (χ1v) is 7.13. The van der Waals surface area contributed by atoms with E-state index in [9.17, 15) is 4.79 Å². The first-order valence-electron chi connectivity index (χ1n) is 7.13. The van der Waals surface area contributed by atoms with Gasteiger partial charge in [0.2, 0.25) is 0 Å². The van der Waals surface area contributed by atoms with E-state index in [-0.39, 0.29) is 5.91 Å². The van der Waals surface area contributed by atoms with Gasteiger partial charge < -0.3 is 0 Å². The third kappa shape index (κ3) is 2.88. The third-order valence-electron chi connectivity index (χ3n) is 3.55. The topological polar surface area (TPSA) is 41.5 Å². The molecule has 0 radical (unpaired) electrons. The number of carbonyl (C=O) groups is 1. The Morgan fingerprint density at radius 2 is 1.55 bits per heavy atom. The largest absolute Gasteiger partial charge is 0.272 e. The lowest BCUT2D eigenvalue weighted by Gasteiger charge is -2.06. The molecule has 3 aromatic rings. The third-order valence-corrected chi connectivity index (χ3v) is 3.55. The van der Waals surface area contributed by atoms with Gasteiger partial charge in [-0.1, -0.05) is 66.7 Å². The van der Waals surface area contributed by atoms with Crippen molar-refractivity contribution in [1.82, 2.24) is 5.43 Å². The second-order valence-electron chi connectivity index (χ2n) is 5.03. The summed E-state index contributed by atoms with van der Waals surface area (Å²) in [5.41, 5.74) is 5.03. The van der Waals surface area contributed by atoms with Crippen LogP contribution in [-0.4, -0.2) is 11.6 Å². The molecule has 1 N–H and O–H groups in total. The van der Waals surface area contributed by atoms with Crippen LogP contribution in [-0.2, 0) is 0 Å². The summed E-state index contributed by atoms with van der Waals surface area (Å²) < 4.78 is 0. The van der Waals surface area contributed by atoms with Gasteiger partial charge in [-0.15, -0.1) is 0 Å². The van der Waals surface area contributed by atoms with Crippen molar-refractivity contribution in [2.75, 3.05) is 0 Å². The van der Waals surface area contributed by atoms with Crippen LogP contribution < -0.4 is 5.43 Å². The van der Waals surface area contributed by atoms with Gasteiger partial charge in [0.15, 0.2) is 0 Å². The number of hydrogen-bond donors (Lipinski definition) is 1. The predicted octanol–water partition coefficient (Wildman–Crippen LogP) is 3.99. The Hall–Kier alpha value is -2.94. The molecule has 22 heavy (non-hydrogen) atoms. The monoisotopic (exact) mass is 288 g/mol. The van der Waals surface area contributed by atoms with E-state index in [1.807, 2.05) is 79.7 Å². The van der Waals surface area contributed by atoms with E-state index >= 15 is 0 Å². The molecule has 0 aromatic heterocycles. The Kier molecular flexibility index (Phi) is 3.97. The number of hydrogen-bond acceptors (Lipinski definition) is 2. The summed E-state index contributed by atoms with van der Waals surface area (Å²) in [7, 11) is 0. The smallest absolute Gasteiger partial charge is 0.267 e. The zero-order valence-corrected chi connectivity index (χ0v) is 12.3. The number of nitrogens with zero attached hydrogens (tertiary/aromatic N) is 1. The summed E-state index contributed by atoms with van der Waals surface area (Å²) in [6, 6.07) is 23.3. The number of rotatable bonds is 3. The number of benzene rings is 3. The van der Waals surface area contributed by atoms with Gasteiger partial charge in [-0.3, -0.25) is 4.79 Å². The van der Waals surface area contributed by atoms with Crippen LogP contribution in [0.2, 0.25) is 0 Å². The van der Waals surface area contributed by atoms with Crippen molar-refractivity contribution in [3.8, 4) is 0 Å². The highest BCUT2D eigenvalue weighted by molar-refractivity contribution is 6.07. The lowest BCUT2D eigenvalue weighted by atomic mass is 10.0. The normalized spacial score (nSPS) is 11.4. The zero-order valence-electron chi connectivity index (χ0n) is 12.3. The summed E-state index contributed by atoms with van der Waals surface area (Å²) in [5.74, 6) is -0.202. The summed E-state index contributed by atoms with van der Waals surface area (Å²) in [6.45, 7) is 1.87. The van der Waals surface area contributed by atoms with E-state index in [0.29, 0.717) is 5.56 Å². The van der Waals surface area contributed by atoms with Crippen LogP contribution in [0.25, 0.3) is 10.8 Å². The van der Waals surface area contributed by atoms with E-state index in [0.717, 1.165) is 22.0 Å². The van der Waals surface area contributed by atoms with Crippen molar-refractivity contribution in [3.05, 3.63) is 83.9 Å². The van der Waals surface area contributed by atoms with Crippen LogP contribution in [0, 0.1) is 0 Å². The highest BCUT2D eigenvalue weighted by Crippen LogP contribution is 2.18. The fourth-order valence-electron chi connectivity index (χ4n) is 2.36. The minimum Gasteiger partial charge on any atom is -0.267 e. The molecule has 0 atom stereocenters. The van der Waals surface area contributed by atoms with Crippen LogP contribution in [0.5, 0.6) is 0 Å². The molecular formula is C19H16N2O. The van der Waals surface area contributed by atoms with Crippen molar-refractivity contribution in [1.29, 1.82) is 0 Å². The predicted molar refractivity (Wildman–Crippen MR) is 90.1 cm³/mol. The van der Waals surface area contributed by atoms with E-state index in [1.165, 1.54) is 0 Å². The molecule has 3 aromatic carbocycles. The average Bonchev–Trinajstić information content (AvgIpc) is 2.59. The Labute approximate surface area is 129 Å². The molecule has 0 spiro atoms. The Bertz CT molecular complexity index is 833. The van der Waals surface area contributed by atoms with Crippen LogP contribution in [0.1, 0.15) is 22.8 Å². The number of hydrazone groups is 1. The fourth-order valence-corrected chi connectivity index (χ4v) is 2.36. The Balaban J connectivity index is 1.85. The summed E-state index contributed by atoms with van der Waals surface area (Å²) in [6.07, 6.45) is 0. The van der Waals surface area contributed by atoms with Gasteiger partial charge in [0.1, 0.15) is 0 Å². The van der Waals surface area contributed by atoms with Gasteiger partial charge in [0, 0.05) is 5.56 Å². The van der Waals surface area contributed by atoms with E-state index in [4.69, 9.17) is 0 Å². The maximum atomic E-state index is 12.4. The lowest BCUT2D eigenvalue weighted by molar-refractivity contribution is 0.0956. The molecule has 0 fully saturated rings. The molecular weight excluding hydrogens is 272 g/mol. The van der Waals surface area contributed by atoms with Gasteiger partial charge in [-0.05, 0) is 29.3 Å². The number of carbonyl (C=O) groups excluding carboxylic acids is 1. The van der Waals surface area contributed by atoms with Gasteiger partial charge in [-0.25, -0.2) is 5.43 Å². The van der Waals surface area contributed by atoms with Crippen molar-refractivity contribution in [2.45, 2.75) is 6.92 Å². The molecule has 3 rings (SSSR count). The quantitative estimate of drug-likeness (QED) is 0.574. The van der Waals surface area contributed by atoms with E-state index < -0.39 is 0 Å². The van der Waals surface area contributed by atoms with Crippen molar-refractivity contribution >= 4 is 22.4 Å². The van der Waals surface area contributed by atoms with Gasteiger partial charge in [0.05, 0.1) is 5.71 Å². The second-order valence-corrected chi connectivity index (χ2v) is 5.03. The van der Waals surface area contributed by atoms with Crippen LogP contribution in [0.15, 0.2) is 77.9 Å². The average molecular weight is 288 g/mol. The Morgan fingerprint density at radius 3 is 2.36 bits per heavy atom. The number of amides is 1. The molecule has 0 saturated heterocycles. The number of fused-ring (bicyclic) bond motifs is 1. The minimum atomic E-state index is -0.202. The van der Waals surface area contributed by atoms with Gasteiger partial charge in [-0.2, -0.15) is 5.10 Å². The minimum absolute atomic E-state index is 0.202. The summed E-state index contributed by atoms with van der Waals surface area (Å²) in [5, 5.41) is 6.16. The standard InChI is InChI=1S/C19H16N2O/c1-14(15-8-3-2-4-9-15)20-21-19(22)18-13-7-11-16-10-5-6-12-17(16)18/h2-13H,1H3,(H,21,22)/b20-14-. The molecule has 0 bridgehead atoms. The molecule has 108 valence electrons. The molecule has 1 amide bonds. The second kappa shape index (κ2) is 6.22. The van der Waals surface area contributed by atoms with Crippen molar-refractivity contribution in [3.63, 3.8) is 0 Å². The molecule has 3 nitrogen and oxygen atoms in total. The highest BCUT2D eigenvalue weighted by atomic mass is 16.2. The number of nitrogens with one attached hydrogen (secondary N) is 1. The lowest BCUT2D eigenvalue weighted by Crippen LogP contribution is -2.19. The molecule has 0 aliphatic carbocycles. The first kappa shape index (κ1) is 14.0. The van der Waals surface area contributed by atoms with Gasteiger partial charge >= 0.3 is 0 Å². The molecule has 3 heteroatoms. The fraction of sp³-hybridized carbons (Fsp3) is 0.0526. The molecule has 0 heterocycles. The first-order chi connectivity index (χ1) is 10.8. The van der Waals surface area contributed by atoms with Gasteiger partial charge in [0.25, 0.3) is 5.91 Å². The highest BCUT2D eigenvalue weighted by Gasteiger charge is 2.08. The SMILES string of the molecule is C/C(=N/NC(=O)c1cccc2ccccc12)c1ccccc1. The maximum Gasteiger partial charge on any atom is 0.272 e. The molecule has 0 unspecified atom stereocenters. The zero-order chi connectivity index (χ0) is 15.4. The molecule has 0 aliphatic heterocycles. The van der Waals surface area contributed by atoms with Crippen molar-refractivity contribution in [2.24, 2.45) is 5.10 Å².